The number of nitrogens with zero attached hydrogens (tertiary/aromatic N) is 3. The first-order valence-corrected chi connectivity index (χ1v) is 11.5. The summed E-state index contributed by atoms with van der Waals surface area (Å²) in [5.74, 6) is -5.51. The van der Waals surface area contributed by atoms with Crippen LogP contribution in [0.2, 0.25) is 0 Å². The number of benzene rings is 1. The van der Waals surface area contributed by atoms with Gasteiger partial charge in [-0.25, -0.2) is 9.59 Å². The second-order valence-electron chi connectivity index (χ2n) is 8.61. The van der Waals surface area contributed by atoms with Gasteiger partial charge in [0.05, 0.1) is 37.0 Å². The summed E-state index contributed by atoms with van der Waals surface area (Å²) in [5, 5.41) is 23.4. The molecule has 0 aliphatic carbocycles. The zero-order chi connectivity index (χ0) is 28.5. The van der Waals surface area contributed by atoms with Crippen LogP contribution >= 0.6 is 0 Å². The Morgan fingerprint density at radius 2 is 1.58 bits per heavy atom. The summed E-state index contributed by atoms with van der Waals surface area (Å²) in [4.78, 5) is 22.9. The Balaban J connectivity index is 0.000000301. The van der Waals surface area contributed by atoms with Crippen LogP contribution < -0.4 is 0 Å². The van der Waals surface area contributed by atoms with E-state index in [-0.39, 0.29) is 0 Å². The standard InChI is InChI=1S/C19H25N3O2.2C2HF3O2/c20-12-15-3-1-4-16(11-15)13-22-14-18(21-6-9-23-10-7-21)19-17(22)5-2-8-24-19;2*3-2(4,5)1(6)7/h1,3-4,11,17-19H,2,5-10,13-14H2;2*(H,6,7)/t17-,18-,19+;;/m0../s1. The van der Waals surface area contributed by atoms with Crippen LogP contribution in [-0.2, 0) is 25.6 Å². The molecule has 0 spiro atoms. The third kappa shape index (κ3) is 9.43. The van der Waals surface area contributed by atoms with E-state index in [2.05, 4.69) is 21.9 Å². The van der Waals surface area contributed by atoms with Crippen molar-refractivity contribution in [3.05, 3.63) is 35.4 Å². The number of carboxylic acids is 2. The van der Waals surface area contributed by atoms with Gasteiger partial charge < -0.3 is 19.7 Å². The van der Waals surface area contributed by atoms with Crippen LogP contribution in [0.5, 0.6) is 0 Å². The third-order valence-corrected chi connectivity index (χ3v) is 6.05. The maximum Gasteiger partial charge on any atom is 0.490 e. The number of hydrogen-bond acceptors (Lipinski definition) is 7. The largest absolute Gasteiger partial charge is 0.490 e. The third-order valence-electron chi connectivity index (χ3n) is 6.05. The predicted octanol–water partition coefficient (Wildman–Crippen LogP) is 2.89. The summed E-state index contributed by atoms with van der Waals surface area (Å²) in [5.41, 5.74) is 1.97. The van der Waals surface area contributed by atoms with Crippen molar-refractivity contribution in [3.63, 3.8) is 0 Å². The fraction of sp³-hybridized carbons (Fsp3) is 0.609. The van der Waals surface area contributed by atoms with Gasteiger partial charge in [-0.3, -0.25) is 9.80 Å². The van der Waals surface area contributed by atoms with Crippen molar-refractivity contribution >= 4 is 11.9 Å². The number of ether oxygens (including phenoxy) is 2. The molecule has 3 heterocycles. The molecule has 9 nitrogen and oxygen atoms in total. The minimum Gasteiger partial charge on any atom is -0.475 e. The highest BCUT2D eigenvalue weighted by Gasteiger charge is 2.46. The van der Waals surface area contributed by atoms with Crippen molar-refractivity contribution in [3.8, 4) is 6.07 Å². The number of aliphatic carboxylic acids is 2. The number of alkyl halides is 6. The van der Waals surface area contributed by atoms with E-state index in [1.54, 1.807) is 0 Å². The Morgan fingerprint density at radius 1 is 1.00 bits per heavy atom. The fourth-order valence-corrected chi connectivity index (χ4v) is 4.41. The van der Waals surface area contributed by atoms with Gasteiger partial charge in [-0.1, -0.05) is 12.1 Å². The number of rotatable bonds is 3. The zero-order valence-corrected chi connectivity index (χ0v) is 20.0. The smallest absolute Gasteiger partial charge is 0.475 e. The van der Waals surface area contributed by atoms with Crippen LogP contribution in [0.15, 0.2) is 24.3 Å². The van der Waals surface area contributed by atoms with Crippen LogP contribution in [0.3, 0.4) is 0 Å². The molecule has 0 amide bonds. The van der Waals surface area contributed by atoms with Crippen LogP contribution in [-0.4, -0.2) is 102 Å². The monoisotopic (exact) mass is 555 g/mol. The molecule has 15 heteroatoms. The molecule has 4 rings (SSSR count). The quantitative estimate of drug-likeness (QED) is 0.542. The summed E-state index contributed by atoms with van der Waals surface area (Å²) in [6.45, 7) is 6.52. The normalized spacial score (nSPS) is 24.1. The lowest BCUT2D eigenvalue weighted by molar-refractivity contribution is -0.193. The van der Waals surface area contributed by atoms with Crippen LogP contribution in [0.25, 0.3) is 0 Å². The Bertz CT molecular complexity index is 954. The second kappa shape index (κ2) is 13.7. The first kappa shape index (κ1) is 31.3. The molecule has 38 heavy (non-hydrogen) atoms. The van der Waals surface area contributed by atoms with Gasteiger partial charge in [-0.15, -0.1) is 0 Å². The highest BCUT2D eigenvalue weighted by molar-refractivity contribution is 5.73. The van der Waals surface area contributed by atoms with Gasteiger partial charge in [0.25, 0.3) is 0 Å². The first-order valence-electron chi connectivity index (χ1n) is 11.5. The molecule has 3 atom stereocenters. The predicted molar refractivity (Wildman–Crippen MR) is 118 cm³/mol. The van der Waals surface area contributed by atoms with E-state index in [0.717, 1.165) is 58.0 Å². The van der Waals surface area contributed by atoms with Gasteiger partial charge in [-0.2, -0.15) is 31.6 Å². The molecule has 0 radical (unpaired) electrons. The van der Waals surface area contributed by atoms with Crippen molar-refractivity contribution in [1.82, 2.24) is 9.80 Å². The van der Waals surface area contributed by atoms with E-state index in [9.17, 15) is 26.3 Å². The average molecular weight is 555 g/mol. The Hall–Kier alpha value is -2.93. The molecule has 3 saturated heterocycles. The number of carbonyl (C=O) groups is 2. The summed E-state index contributed by atoms with van der Waals surface area (Å²) in [7, 11) is 0. The highest BCUT2D eigenvalue weighted by atomic mass is 19.4. The van der Waals surface area contributed by atoms with E-state index in [0.29, 0.717) is 18.2 Å². The topological polar surface area (TPSA) is 123 Å². The van der Waals surface area contributed by atoms with Gasteiger partial charge in [-0.05, 0) is 30.5 Å². The number of likely N-dealkylation sites (tertiary alicyclic amines) is 1. The van der Waals surface area contributed by atoms with E-state index in [1.807, 2.05) is 18.2 Å². The molecule has 0 bridgehead atoms. The molecule has 1 aromatic carbocycles. The Labute approximate surface area is 214 Å². The Kier molecular flexibility index (Phi) is 11.3. The van der Waals surface area contributed by atoms with Gasteiger partial charge in [0.15, 0.2) is 0 Å². The molecular formula is C23H27F6N3O6. The van der Waals surface area contributed by atoms with Crippen molar-refractivity contribution in [2.75, 3.05) is 39.5 Å². The van der Waals surface area contributed by atoms with Gasteiger partial charge in [0.1, 0.15) is 0 Å². The maximum atomic E-state index is 10.6. The maximum absolute atomic E-state index is 10.6. The molecular weight excluding hydrogens is 528 g/mol. The van der Waals surface area contributed by atoms with Crippen LogP contribution in [0, 0.1) is 11.3 Å². The van der Waals surface area contributed by atoms with E-state index in [4.69, 9.17) is 34.5 Å². The van der Waals surface area contributed by atoms with E-state index >= 15 is 0 Å². The first-order chi connectivity index (χ1) is 17.7. The van der Waals surface area contributed by atoms with Crippen LogP contribution in [0.1, 0.15) is 24.0 Å². The lowest BCUT2D eigenvalue weighted by atomic mass is 9.99. The minimum atomic E-state index is -5.08. The SMILES string of the molecule is N#Cc1cccc(CN2C[C@H](N3CCOCC3)[C@@H]3OCCC[C@@H]32)c1.O=C(O)C(F)(F)F.O=C(O)C(F)(F)F. The fourth-order valence-electron chi connectivity index (χ4n) is 4.41. The van der Waals surface area contributed by atoms with Crippen molar-refractivity contribution < 1.29 is 55.6 Å². The number of nitriles is 1. The number of hydrogen-bond donors (Lipinski definition) is 2. The molecule has 3 aliphatic rings. The van der Waals surface area contributed by atoms with Crippen molar-refractivity contribution in [2.45, 2.75) is 49.9 Å². The molecule has 0 unspecified atom stereocenters. The number of morpholine rings is 1. The number of carboxylic acid groups (broad SMARTS) is 2. The van der Waals surface area contributed by atoms with Gasteiger partial charge >= 0.3 is 24.3 Å². The van der Waals surface area contributed by atoms with E-state index < -0.39 is 24.3 Å². The lowest BCUT2D eigenvalue weighted by Crippen LogP contribution is -2.51. The number of halogens is 6. The molecule has 3 aliphatic heterocycles. The lowest BCUT2D eigenvalue weighted by Gasteiger charge is -2.37. The minimum absolute atomic E-state index is 0.316. The second-order valence-corrected chi connectivity index (χ2v) is 8.61. The highest BCUT2D eigenvalue weighted by Crippen LogP contribution is 2.33. The van der Waals surface area contributed by atoms with Gasteiger partial charge in [0, 0.05) is 38.8 Å². The molecule has 3 fully saturated rings. The van der Waals surface area contributed by atoms with Crippen molar-refractivity contribution in [1.29, 1.82) is 5.26 Å². The summed E-state index contributed by atoms with van der Waals surface area (Å²) >= 11 is 0. The average Bonchev–Trinajstić information content (AvgIpc) is 3.23. The number of fused-ring (bicyclic) bond motifs is 1. The van der Waals surface area contributed by atoms with Gasteiger partial charge in [0.2, 0.25) is 0 Å². The zero-order valence-electron chi connectivity index (χ0n) is 20.0. The molecule has 1 aromatic rings. The Morgan fingerprint density at radius 3 is 2.11 bits per heavy atom. The van der Waals surface area contributed by atoms with E-state index in [1.165, 1.54) is 12.0 Å². The molecule has 0 saturated carbocycles. The summed E-state index contributed by atoms with van der Waals surface area (Å²) in [6.07, 6.45) is -7.49. The van der Waals surface area contributed by atoms with Crippen molar-refractivity contribution in [2.24, 2.45) is 0 Å². The van der Waals surface area contributed by atoms with Crippen LogP contribution in [0.4, 0.5) is 26.3 Å². The summed E-state index contributed by atoms with van der Waals surface area (Å²) < 4.78 is 75.2. The molecule has 2 N–H and O–H groups in total. The molecule has 0 aromatic heterocycles. The summed E-state index contributed by atoms with van der Waals surface area (Å²) in [6, 6.07) is 11.2. The molecule has 212 valence electrons.